The smallest absolute Gasteiger partial charge is 1.00 e. The Morgan fingerprint density at radius 1 is 0.429 bits per heavy atom. The molecular formula is H8Na2O5. The van der Waals surface area contributed by atoms with Crippen LogP contribution < -0.4 is 59.1 Å². The van der Waals surface area contributed by atoms with Crippen LogP contribution in [0, 0.1) is 0 Å². The van der Waals surface area contributed by atoms with E-state index < -0.39 is 0 Å². The fourth-order valence-electron chi connectivity index (χ4n) is 0. The summed E-state index contributed by atoms with van der Waals surface area (Å²) in [5.74, 6) is 0. The molecule has 0 aromatic rings. The molecule has 0 bridgehead atoms. The molecule has 0 saturated heterocycles. The van der Waals surface area contributed by atoms with E-state index in [1.54, 1.807) is 0 Å². The summed E-state index contributed by atoms with van der Waals surface area (Å²) < 4.78 is 0. The van der Waals surface area contributed by atoms with E-state index in [4.69, 9.17) is 0 Å². The van der Waals surface area contributed by atoms with Crippen molar-refractivity contribution in [3.05, 3.63) is 0 Å². The first kappa shape index (κ1) is 165. The van der Waals surface area contributed by atoms with Crippen LogP contribution in [0.25, 0.3) is 0 Å². The van der Waals surface area contributed by atoms with Gasteiger partial charge in [-0.15, -0.1) is 0 Å². The van der Waals surface area contributed by atoms with E-state index in [0.717, 1.165) is 0 Å². The van der Waals surface area contributed by atoms with Crippen LogP contribution in [-0.2, 0) is 5.48 Å². The topological polar surface area (TPSA) is 154 Å². The largest absolute Gasteiger partial charge is 2.00 e. The van der Waals surface area contributed by atoms with E-state index in [1.807, 2.05) is 0 Å². The molecule has 0 atom stereocenters. The van der Waals surface area contributed by atoms with Crippen molar-refractivity contribution in [2.75, 3.05) is 0 Å². The maximum Gasteiger partial charge on any atom is 1.00 e. The molecular weight excluding hydrogens is 126 g/mol. The van der Waals surface area contributed by atoms with Gasteiger partial charge in [0.2, 0.25) is 0 Å². The van der Waals surface area contributed by atoms with Gasteiger partial charge in [0.1, 0.15) is 0 Å². The van der Waals surface area contributed by atoms with Crippen molar-refractivity contribution < 1.29 is 86.5 Å². The maximum atomic E-state index is 0. The molecule has 0 unspecified atom stereocenters. The fraction of sp³-hybridized carbons (Fsp3) is 0. The molecule has 0 aliphatic rings. The van der Waals surface area contributed by atoms with E-state index in [0.29, 0.717) is 0 Å². The molecule has 5 nitrogen and oxygen atoms in total. The molecule has 0 amide bonds. The van der Waals surface area contributed by atoms with Gasteiger partial charge in [-0.2, -0.15) is 0 Å². The predicted octanol–water partition coefficient (Wildman–Crippen LogP) is -9.41. The van der Waals surface area contributed by atoms with Gasteiger partial charge in [0.05, 0.1) is 0 Å². The van der Waals surface area contributed by atoms with Crippen molar-refractivity contribution in [2.45, 2.75) is 0 Å². The van der Waals surface area contributed by atoms with Crippen molar-refractivity contribution in [1.29, 1.82) is 0 Å². The van der Waals surface area contributed by atoms with E-state index in [9.17, 15) is 0 Å². The second-order valence-corrected chi connectivity index (χ2v) is 0. The summed E-state index contributed by atoms with van der Waals surface area (Å²) in [5.41, 5.74) is 0. The molecule has 0 radical (unpaired) electrons. The summed E-state index contributed by atoms with van der Waals surface area (Å²) in [5, 5.41) is 0. The zero-order chi connectivity index (χ0) is 0. The third kappa shape index (κ3) is 81.0. The Hall–Kier alpha value is 1.80. The molecule has 0 fully saturated rings. The van der Waals surface area contributed by atoms with E-state index in [-0.39, 0.29) is 86.5 Å². The van der Waals surface area contributed by atoms with Crippen molar-refractivity contribution in [2.24, 2.45) is 0 Å². The Labute approximate surface area is 85.6 Å². The summed E-state index contributed by atoms with van der Waals surface area (Å²) in [7, 11) is 0. The molecule has 0 aliphatic heterocycles. The average molecular weight is 134 g/mol. The molecule has 0 saturated carbocycles. The number of hydrogen-bond acceptors (Lipinski definition) is 0. The van der Waals surface area contributed by atoms with Crippen LogP contribution in [0.15, 0.2) is 0 Å². The van der Waals surface area contributed by atoms with Gasteiger partial charge in [-0.25, -0.2) is 0 Å². The molecule has 8 N–H and O–H groups in total. The molecule has 0 aromatic carbocycles. The Morgan fingerprint density at radius 2 is 0.429 bits per heavy atom. The first-order valence-electron chi connectivity index (χ1n) is 0. The van der Waals surface area contributed by atoms with Crippen molar-refractivity contribution in [3.63, 3.8) is 0 Å². The minimum Gasteiger partial charge on any atom is -2.00 e. The van der Waals surface area contributed by atoms with Crippen LogP contribution in [0.4, 0.5) is 0 Å². The number of hydrogen-bond donors (Lipinski definition) is 0. The van der Waals surface area contributed by atoms with Crippen LogP contribution in [0.5, 0.6) is 0 Å². The van der Waals surface area contributed by atoms with Gasteiger partial charge in [-0.3, -0.25) is 0 Å². The van der Waals surface area contributed by atoms with Gasteiger partial charge in [-0.05, 0) is 0 Å². The molecule has 0 aliphatic carbocycles. The van der Waals surface area contributed by atoms with Gasteiger partial charge in [0, 0.05) is 0 Å². The Bertz CT molecular complexity index is 6.04. The quantitative estimate of drug-likeness (QED) is 0.288. The SMILES string of the molecule is O.O.O.O.[Na+].[Na+].[O-2]. The molecule has 7 heavy (non-hydrogen) atoms. The minimum absolute atomic E-state index is 0. The second kappa shape index (κ2) is 111. The average Bonchev–Trinajstić information content (AvgIpc) is 0. The molecule has 0 rings (SSSR count). The van der Waals surface area contributed by atoms with Crippen LogP contribution in [0.3, 0.4) is 0 Å². The van der Waals surface area contributed by atoms with E-state index in [1.165, 1.54) is 0 Å². The van der Waals surface area contributed by atoms with Crippen molar-refractivity contribution in [1.82, 2.24) is 0 Å². The fourth-order valence-corrected chi connectivity index (χ4v) is 0. The zero-order valence-electron chi connectivity index (χ0n) is 4.41. The van der Waals surface area contributed by atoms with Gasteiger partial charge in [-0.1, -0.05) is 0 Å². The summed E-state index contributed by atoms with van der Waals surface area (Å²) in [6, 6.07) is 0. The van der Waals surface area contributed by atoms with Crippen LogP contribution in [0.2, 0.25) is 0 Å². The monoisotopic (exact) mass is 134 g/mol. The third-order valence-corrected chi connectivity index (χ3v) is 0. The van der Waals surface area contributed by atoms with Crippen molar-refractivity contribution in [3.8, 4) is 0 Å². The Kier molecular flexibility index (Phi) is 2630. The first-order chi connectivity index (χ1) is 0. The van der Waals surface area contributed by atoms with Crippen LogP contribution in [-0.4, -0.2) is 21.9 Å². The van der Waals surface area contributed by atoms with Gasteiger partial charge in [0.25, 0.3) is 0 Å². The van der Waals surface area contributed by atoms with Crippen LogP contribution in [0.1, 0.15) is 0 Å². The Morgan fingerprint density at radius 3 is 0.429 bits per heavy atom. The summed E-state index contributed by atoms with van der Waals surface area (Å²) in [6.45, 7) is 0. The summed E-state index contributed by atoms with van der Waals surface area (Å²) >= 11 is 0. The second-order valence-electron chi connectivity index (χ2n) is 0. The molecule has 0 spiro atoms. The standard InChI is InChI=1S/2Na.4H2O.O/h;;4*1H2;/q2*+1;;;;;-2. The van der Waals surface area contributed by atoms with Gasteiger partial charge >= 0.3 is 59.1 Å². The van der Waals surface area contributed by atoms with Crippen LogP contribution >= 0.6 is 0 Å². The Balaban J connectivity index is 0. The zero-order valence-corrected chi connectivity index (χ0v) is 8.41. The number of rotatable bonds is 0. The molecule has 0 aromatic heterocycles. The predicted molar refractivity (Wildman–Crippen MR) is 15.1 cm³/mol. The van der Waals surface area contributed by atoms with Crippen molar-refractivity contribution >= 4 is 0 Å². The molecule has 7 heteroatoms. The first-order valence-corrected chi connectivity index (χ1v) is 0. The summed E-state index contributed by atoms with van der Waals surface area (Å²) in [6.07, 6.45) is 0. The third-order valence-electron chi connectivity index (χ3n) is 0. The van der Waals surface area contributed by atoms with Gasteiger partial charge in [0.15, 0.2) is 0 Å². The van der Waals surface area contributed by atoms with E-state index >= 15 is 0 Å². The molecule has 40 valence electrons. The maximum absolute atomic E-state index is 0. The van der Waals surface area contributed by atoms with Gasteiger partial charge < -0.3 is 27.4 Å². The van der Waals surface area contributed by atoms with E-state index in [2.05, 4.69) is 0 Å². The normalized spacial score (nSPS) is 0. The summed E-state index contributed by atoms with van der Waals surface area (Å²) in [4.78, 5) is 0. The molecule has 0 heterocycles. The minimum atomic E-state index is 0.